The predicted molar refractivity (Wildman–Crippen MR) is 134 cm³/mol. The number of allylic oxidation sites excluding steroid dienone is 1. The molecule has 1 N–H and O–H groups in total. The number of benzene rings is 3. The predicted octanol–water partition coefficient (Wildman–Crippen LogP) is 6.13. The van der Waals surface area contributed by atoms with Crippen LogP contribution in [0.1, 0.15) is 35.0 Å². The van der Waals surface area contributed by atoms with Crippen molar-refractivity contribution in [3.8, 4) is 17.6 Å². The number of hydrogen-bond acceptors (Lipinski definition) is 6. The molecule has 176 valence electrons. The third kappa shape index (κ3) is 5.31. The minimum absolute atomic E-state index is 0.0107. The molecule has 0 aliphatic carbocycles. The highest BCUT2D eigenvalue weighted by molar-refractivity contribution is 5.90. The van der Waals surface area contributed by atoms with Crippen molar-refractivity contribution >= 4 is 28.4 Å². The Morgan fingerprint density at radius 2 is 1.91 bits per heavy atom. The van der Waals surface area contributed by atoms with Gasteiger partial charge < -0.3 is 14.5 Å². The molecular formula is C27H24N4O4. The van der Waals surface area contributed by atoms with E-state index in [4.69, 9.17) is 9.47 Å². The van der Waals surface area contributed by atoms with E-state index in [1.807, 2.05) is 39.0 Å². The summed E-state index contributed by atoms with van der Waals surface area (Å²) in [5, 5.41) is 20.8. The molecule has 3 aromatic carbocycles. The van der Waals surface area contributed by atoms with Crippen LogP contribution < -0.4 is 9.47 Å². The molecule has 0 aliphatic rings. The smallest absolute Gasteiger partial charge is 0.269 e. The van der Waals surface area contributed by atoms with E-state index in [1.165, 1.54) is 12.1 Å². The van der Waals surface area contributed by atoms with E-state index < -0.39 is 4.92 Å². The second kappa shape index (κ2) is 10.1. The maximum Gasteiger partial charge on any atom is 0.269 e. The first-order valence-corrected chi connectivity index (χ1v) is 11.1. The van der Waals surface area contributed by atoms with Gasteiger partial charge in [0.1, 0.15) is 18.5 Å². The molecule has 4 aromatic rings. The molecule has 4 rings (SSSR count). The zero-order valence-electron chi connectivity index (χ0n) is 19.7. The molecule has 0 unspecified atom stereocenters. The maximum absolute atomic E-state index is 11.0. The molecule has 0 bridgehead atoms. The average Bonchev–Trinajstić information content (AvgIpc) is 3.25. The topological polar surface area (TPSA) is 114 Å². The molecule has 1 heterocycles. The van der Waals surface area contributed by atoms with E-state index >= 15 is 0 Å². The molecule has 0 amide bonds. The zero-order valence-corrected chi connectivity index (χ0v) is 19.7. The number of nitriles is 1. The normalized spacial score (nSPS) is 11.3. The number of aromatic nitrogens is 2. The number of rotatable bonds is 8. The number of fused-ring (bicyclic) bond motifs is 1. The van der Waals surface area contributed by atoms with Crippen LogP contribution in [0.25, 0.3) is 22.7 Å². The first-order valence-electron chi connectivity index (χ1n) is 11.1. The summed E-state index contributed by atoms with van der Waals surface area (Å²) in [7, 11) is 0. The molecular weight excluding hydrogens is 444 g/mol. The van der Waals surface area contributed by atoms with Crippen molar-refractivity contribution in [3.63, 3.8) is 0 Å². The fourth-order valence-electron chi connectivity index (χ4n) is 3.64. The lowest BCUT2D eigenvalue weighted by molar-refractivity contribution is -0.384. The van der Waals surface area contributed by atoms with Crippen LogP contribution in [0.4, 0.5) is 5.69 Å². The van der Waals surface area contributed by atoms with Crippen LogP contribution >= 0.6 is 0 Å². The zero-order chi connectivity index (χ0) is 24.9. The van der Waals surface area contributed by atoms with E-state index in [2.05, 4.69) is 16.0 Å². The van der Waals surface area contributed by atoms with Crippen LogP contribution in [-0.2, 0) is 6.61 Å². The minimum Gasteiger partial charge on any atom is -0.490 e. The molecule has 0 spiro atoms. The van der Waals surface area contributed by atoms with Crippen molar-refractivity contribution in [3.05, 3.63) is 92.8 Å². The van der Waals surface area contributed by atoms with E-state index in [0.717, 1.165) is 27.7 Å². The Morgan fingerprint density at radius 1 is 1.11 bits per heavy atom. The number of nitrogens with one attached hydrogen (secondary N) is 1. The number of aromatic amines is 1. The first-order chi connectivity index (χ1) is 16.9. The van der Waals surface area contributed by atoms with Gasteiger partial charge in [-0.25, -0.2) is 4.98 Å². The summed E-state index contributed by atoms with van der Waals surface area (Å²) in [6, 6.07) is 17.9. The number of ether oxygens (including phenoxy) is 2. The standard InChI is InChI=1S/C27H24N4O4/c1-4-34-26-14-19(8-9-25(26)35-16-20-6-5-7-22(13-20)31(32)33)12-21(15-28)27-29-23-10-17(2)18(3)11-24(23)30-27/h5-14H,4,16H2,1-3H3,(H,29,30)/b21-12+. The van der Waals surface area contributed by atoms with Crippen molar-refractivity contribution < 1.29 is 14.4 Å². The number of nitro benzene ring substituents is 1. The van der Waals surface area contributed by atoms with E-state index in [-0.39, 0.29) is 12.3 Å². The summed E-state index contributed by atoms with van der Waals surface area (Å²) in [4.78, 5) is 18.4. The van der Waals surface area contributed by atoms with Gasteiger partial charge in [-0.1, -0.05) is 18.2 Å². The molecule has 8 nitrogen and oxygen atoms in total. The van der Waals surface area contributed by atoms with Crippen LogP contribution in [0.3, 0.4) is 0 Å². The molecule has 0 atom stereocenters. The van der Waals surface area contributed by atoms with Gasteiger partial charge in [-0.05, 0) is 73.4 Å². The third-order valence-electron chi connectivity index (χ3n) is 5.57. The lowest BCUT2D eigenvalue weighted by Gasteiger charge is -2.13. The monoisotopic (exact) mass is 468 g/mol. The molecule has 0 saturated carbocycles. The lowest BCUT2D eigenvalue weighted by Crippen LogP contribution is -2.00. The number of non-ortho nitro benzene ring substituents is 1. The number of imidazole rings is 1. The van der Waals surface area contributed by atoms with E-state index in [9.17, 15) is 15.4 Å². The van der Waals surface area contributed by atoms with Crippen molar-refractivity contribution in [1.82, 2.24) is 9.97 Å². The van der Waals surface area contributed by atoms with Gasteiger partial charge in [-0.2, -0.15) is 5.26 Å². The van der Waals surface area contributed by atoms with E-state index in [0.29, 0.717) is 35.1 Å². The summed E-state index contributed by atoms with van der Waals surface area (Å²) in [5.74, 6) is 1.51. The quantitative estimate of drug-likeness (QED) is 0.189. The van der Waals surface area contributed by atoms with Crippen molar-refractivity contribution in [2.24, 2.45) is 0 Å². The number of nitro groups is 1. The first kappa shape index (κ1) is 23.5. The Morgan fingerprint density at radius 3 is 2.66 bits per heavy atom. The minimum atomic E-state index is -0.437. The summed E-state index contributed by atoms with van der Waals surface area (Å²) >= 11 is 0. The molecule has 35 heavy (non-hydrogen) atoms. The largest absolute Gasteiger partial charge is 0.490 e. The van der Waals surface area contributed by atoms with E-state index in [1.54, 1.807) is 30.3 Å². The summed E-state index contributed by atoms with van der Waals surface area (Å²) in [6.07, 6.45) is 1.74. The van der Waals surface area contributed by atoms with Crippen LogP contribution in [0.5, 0.6) is 11.5 Å². The Labute approximate surface area is 202 Å². The third-order valence-corrected chi connectivity index (χ3v) is 5.57. The van der Waals surface area contributed by atoms with Gasteiger partial charge in [-0.3, -0.25) is 10.1 Å². The second-order valence-electron chi connectivity index (χ2n) is 8.06. The Bertz CT molecular complexity index is 1440. The highest BCUT2D eigenvalue weighted by Crippen LogP contribution is 2.31. The average molecular weight is 469 g/mol. The van der Waals surface area contributed by atoms with Crippen LogP contribution in [0.15, 0.2) is 54.6 Å². The summed E-state index contributed by atoms with van der Waals surface area (Å²) in [5.41, 5.74) is 5.81. The Hall–Kier alpha value is -4.64. The van der Waals surface area contributed by atoms with Gasteiger partial charge in [0.25, 0.3) is 5.69 Å². The molecule has 8 heteroatoms. The number of aryl methyl sites for hydroxylation is 2. The number of hydrogen-bond donors (Lipinski definition) is 1. The Kier molecular flexibility index (Phi) is 6.78. The highest BCUT2D eigenvalue weighted by Gasteiger charge is 2.12. The van der Waals surface area contributed by atoms with Gasteiger partial charge in [0, 0.05) is 12.1 Å². The van der Waals surface area contributed by atoms with Gasteiger partial charge in [0.05, 0.1) is 28.1 Å². The Balaban J connectivity index is 1.60. The van der Waals surface area contributed by atoms with Crippen LogP contribution in [-0.4, -0.2) is 21.5 Å². The second-order valence-corrected chi connectivity index (χ2v) is 8.06. The molecule has 1 aromatic heterocycles. The van der Waals surface area contributed by atoms with Gasteiger partial charge in [0.2, 0.25) is 0 Å². The van der Waals surface area contributed by atoms with Crippen LogP contribution in [0.2, 0.25) is 0 Å². The maximum atomic E-state index is 11.0. The molecule has 0 saturated heterocycles. The van der Waals surface area contributed by atoms with Crippen molar-refractivity contribution in [2.45, 2.75) is 27.4 Å². The van der Waals surface area contributed by atoms with Gasteiger partial charge >= 0.3 is 0 Å². The molecule has 0 fully saturated rings. The highest BCUT2D eigenvalue weighted by atomic mass is 16.6. The van der Waals surface area contributed by atoms with Gasteiger partial charge in [0.15, 0.2) is 11.5 Å². The van der Waals surface area contributed by atoms with Gasteiger partial charge in [-0.15, -0.1) is 0 Å². The number of H-pyrrole nitrogens is 1. The van der Waals surface area contributed by atoms with Crippen LogP contribution in [0, 0.1) is 35.3 Å². The summed E-state index contributed by atoms with van der Waals surface area (Å²) < 4.78 is 11.6. The lowest BCUT2D eigenvalue weighted by atomic mass is 10.1. The fourth-order valence-corrected chi connectivity index (χ4v) is 3.64. The molecule has 0 aliphatic heterocycles. The SMILES string of the molecule is CCOc1cc(/C=C(\C#N)c2nc3cc(C)c(C)cc3[nH]2)ccc1OCc1cccc([N+](=O)[O-])c1. The van der Waals surface area contributed by atoms with Crippen molar-refractivity contribution in [1.29, 1.82) is 5.26 Å². The fraction of sp³-hybridized carbons (Fsp3) is 0.185. The van der Waals surface area contributed by atoms with Crippen molar-refractivity contribution in [2.75, 3.05) is 6.61 Å². The summed E-state index contributed by atoms with van der Waals surface area (Å²) in [6.45, 7) is 6.51. The molecule has 0 radical (unpaired) electrons. The number of nitrogens with zero attached hydrogens (tertiary/aromatic N) is 3.